The van der Waals surface area contributed by atoms with Crippen LogP contribution in [0.1, 0.15) is 21.6 Å². The van der Waals surface area contributed by atoms with Crippen molar-refractivity contribution in [2.24, 2.45) is 0 Å². The minimum atomic E-state index is -4.66. The van der Waals surface area contributed by atoms with Gasteiger partial charge in [0.1, 0.15) is 16.3 Å². The van der Waals surface area contributed by atoms with Crippen molar-refractivity contribution in [3.63, 3.8) is 0 Å². The van der Waals surface area contributed by atoms with Gasteiger partial charge < -0.3 is 5.11 Å². The van der Waals surface area contributed by atoms with Crippen LogP contribution in [0.4, 0.5) is 13.2 Å². The maximum absolute atomic E-state index is 12.9. The second kappa shape index (κ2) is 4.78. The molecule has 2 rings (SSSR count). The lowest BCUT2D eigenvalue weighted by molar-refractivity contribution is -0.137. The van der Waals surface area contributed by atoms with Crippen LogP contribution in [0, 0.1) is 6.92 Å². The van der Waals surface area contributed by atoms with E-state index in [1.807, 2.05) is 0 Å². The number of hydrogen-bond acceptors (Lipinski definition) is 3. The summed E-state index contributed by atoms with van der Waals surface area (Å²) in [5.74, 6) is -1.94. The zero-order valence-corrected chi connectivity index (χ0v) is 10.7. The highest BCUT2D eigenvalue weighted by Crippen LogP contribution is 2.34. The summed E-state index contributed by atoms with van der Waals surface area (Å²) in [7, 11) is 0. The molecule has 2 aromatic rings. The monoisotopic (exact) mass is 305 g/mol. The quantitative estimate of drug-likeness (QED) is 0.926. The van der Waals surface area contributed by atoms with Gasteiger partial charge in [0.15, 0.2) is 5.82 Å². The van der Waals surface area contributed by atoms with Crippen molar-refractivity contribution in [1.29, 1.82) is 0 Å². The Morgan fingerprint density at radius 3 is 2.60 bits per heavy atom. The number of carbonyl (C=O) groups is 1. The summed E-state index contributed by atoms with van der Waals surface area (Å²) >= 11 is 5.79. The normalized spacial score (nSPS) is 11.7. The number of aryl methyl sites for hydroxylation is 1. The fourth-order valence-corrected chi connectivity index (χ4v) is 2.00. The van der Waals surface area contributed by atoms with Crippen LogP contribution in [0.5, 0.6) is 0 Å². The molecule has 106 valence electrons. The summed E-state index contributed by atoms with van der Waals surface area (Å²) in [6, 6.07) is 1.94. The Morgan fingerprint density at radius 2 is 2.10 bits per heavy atom. The Morgan fingerprint density at radius 1 is 1.45 bits per heavy atom. The topological polar surface area (TPSA) is 68.0 Å². The Kier molecular flexibility index (Phi) is 3.43. The van der Waals surface area contributed by atoms with Crippen LogP contribution >= 0.6 is 11.6 Å². The first-order valence-electron chi connectivity index (χ1n) is 5.24. The number of nitrogens with zero attached hydrogens (tertiary/aromatic N) is 3. The number of rotatable bonds is 2. The Balaban J connectivity index is 2.71. The smallest absolute Gasteiger partial charge is 0.420 e. The number of halogens is 4. The fraction of sp³-hybridized carbons (Fsp3) is 0.182. The van der Waals surface area contributed by atoms with Gasteiger partial charge in [-0.3, -0.25) is 0 Å². The lowest BCUT2D eigenvalue weighted by Crippen LogP contribution is -2.13. The standard InChI is InChI=1S/C11H7ClF3N3O2/c1-5-7(10(19)20)8(12)18(17-5)9-6(11(13,14)15)3-2-4-16-9/h2-4H,1H3,(H,19,20). The van der Waals surface area contributed by atoms with E-state index in [0.29, 0.717) is 4.68 Å². The van der Waals surface area contributed by atoms with Crippen molar-refractivity contribution in [1.82, 2.24) is 14.8 Å². The van der Waals surface area contributed by atoms with E-state index in [4.69, 9.17) is 16.7 Å². The highest BCUT2D eigenvalue weighted by Gasteiger charge is 2.36. The van der Waals surface area contributed by atoms with E-state index in [-0.39, 0.29) is 11.3 Å². The summed E-state index contributed by atoms with van der Waals surface area (Å²) < 4.78 is 39.3. The molecule has 0 aliphatic rings. The van der Waals surface area contributed by atoms with Gasteiger partial charge in [-0.2, -0.15) is 18.3 Å². The Labute approximate surface area is 115 Å². The highest BCUT2D eigenvalue weighted by molar-refractivity contribution is 6.32. The van der Waals surface area contributed by atoms with Crippen LogP contribution in [0.15, 0.2) is 18.3 Å². The molecule has 9 heteroatoms. The Hall–Kier alpha value is -2.09. The van der Waals surface area contributed by atoms with Crippen LogP contribution in [0.25, 0.3) is 5.82 Å². The van der Waals surface area contributed by atoms with Gasteiger partial charge in [0, 0.05) is 6.20 Å². The lowest BCUT2D eigenvalue weighted by Gasteiger charge is -2.11. The van der Waals surface area contributed by atoms with Gasteiger partial charge in [-0.15, -0.1) is 0 Å². The summed E-state index contributed by atoms with van der Waals surface area (Å²) in [6.07, 6.45) is -3.52. The number of aromatic nitrogens is 3. The number of aromatic carboxylic acids is 1. The average Bonchev–Trinajstić information content (AvgIpc) is 2.63. The molecule has 20 heavy (non-hydrogen) atoms. The second-order valence-corrected chi connectivity index (χ2v) is 4.20. The zero-order valence-electron chi connectivity index (χ0n) is 9.94. The molecule has 0 radical (unpaired) electrons. The molecule has 0 unspecified atom stereocenters. The third kappa shape index (κ3) is 2.34. The number of pyridine rings is 1. The molecule has 0 saturated heterocycles. The molecule has 0 aliphatic carbocycles. The van der Waals surface area contributed by atoms with Crippen molar-refractivity contribution >= 4 is 17.6 Å². The largest absolute Gasteiger partial charge is 0.478 e. The van der Waals surface area contributed by atoms with E-state index in [9.17, 15) is 18.0 Å². The number of alkyl halides is 3. The minimum absolute atomic E-state index is 0.00118. The fourth-order valence-electron chi connectivity index (χ4n) is 1.67. The molecule has 0 fully saturated rings. The summed E-state index contributed by atoms with van der Waals surface area (Å²) in [6.45, 7) is 1.34. The van der Waals surface area contributed by atoms with Gasteiger partial charge in [-0.25, -0.2) is 14.5 Å². The third-order valence-corrected chi connectivity index (χ3v) is 2.86. The maximum Gasteiger partial charge on any atom is 0.420 e. The molecule has 0 aliphatic heterocycles. The van der Waals surface area contributed by atoms with Gasteiger partial charge in [0.2, 0.25) is 0 Å². The van der Waals surface area contributed by atoms with Crippen molar-refractivity contribution in [2.75, 3.05) is 0 Å². The van der Waals surface area contributed by atoms with Crippen molar-refractivity contribution < 1.29 is 23.1 Å². The van der Waals surface area contributed by atoms with Gasteiger partial charge >= 0.3 is 12.1 Å². The number of carboxylic acids is 1. The van der Waals surface area contributed by atoms with Crippen LogP contribution < -0.4 is 0 Å². The third-order valence-electron chi connectivity index (χ3n) is 2.51. The molecule has 2 heterocycles. The minimum Gasteiger partial charge on any atom is -0.478 e. The summed E-state index contributed by atoms with van der Waals surface area (Å²) in [5.41, 5.74) is -1.41. The second-order valence-electron chi connectivity index (χ2n) is 3.84. The van der Waals surface area contributed by atoms with Gasteiger partial charge in [0.05, 0.1) is 5.69 Å². The first kappa shape index (κ1) is 14.3. The SMILES string of the molecule is Cc1nn(-c2ncccc2C(F)(F)F)c(Cl)c1C(=O)O. The lowest BCUT2D eigenvalue weighted by atomic mass is 10.2. The molecule has 0 bridgehead atoms. The van der Waals surface area contributed by atoms with Crippen LogP contribution in [0.3, 0.4) is 0 Å². The molecular formula is C11H7ClF3N3O2. The molecule has 0 saturated carbocycles. The number of carboxylic acid groups (broad SMARTS) is 1. The average molecular weight is 306 g/mol. The van der Waals surface area contributed by atoms with Crippen LogP contribution in [-0.4, -0.2) is 25.8 Å². The van der Waals surface area contributed by atoms with E-state index in [1.165, 1.54) is 6.92 Å². The van der Waals surface area contributed by atoms with E-state index in [2.05, 4.69) is 10.1 Å². The molecule has 0 spiro atoms. The van der Waals surface area contributed by atoms with Crippen molar-refractivity contribution in [3.8, 4) is 5.82 Å². The van der Waals surface area contributed by atoms with Crippen molar-refractivity contribution in [2.45, 2.75) is 13.1 Å². The number of hydrogen-bond donors (Lipinski definition) is 1. The highest BCUT2D eigenvalue weighted by atomic mass is 35.5. The molecule has 1 N–H and O–H groups in total. The van der Waals surface area contributed by atoms with E-state index in [1.54, 1.807) is 0 Å². The zero-order chi connectivity index (χ0) is 15.1. The predicted octanol–water partition coefficient (Wildman–Crippen LogP) is 2.95. The summed E-state index contributed by atoms with van der Waals surface area (Å²) in [5, 5.41) is 12.2. The molecule has 2 aromatic heterocycles. The van der Waals surface area contributed by atoms with Gasteiger partial charge in [-0.05, 0) is 19.1 Å². The maximum atomic E-state index is 12.9. The molecule has 5 nitrogen and oxygen atoms in total. The van der Waals surface area contributed by atoms with Crippen LogP contribution in [0.2, 0.25) is 5.15 Å². The molecule has 0 aromatic carbocycles. The molecular weight excluding hydrogens is 299 g/mol. The van der Waals surface area contributed by atoms with Gasteiger partial charge in [-0.1, -0.05) is 11.6 Å². The van der Waals surface area contributed by atoms with E-state index < -0.39 is 28.7 Å². The summed E-state index contributed by atoms with van der Waals surface area (Å²) in [4.78, 5) is 14.6. The van der Waals surface area contributed by atoms with E-state index in [0.717, 1.165) is 18.3 Å². The van der Waals surface area contributed by atoms with E-state index >= 15 is 0 Å². The first-order valence-corrected chi connectivity index (χ1v) is 5.62. The van der Waals surface area contributed by atoms with Gasteiger partial charge in [0.25, 0.3) is 0 Å². The van der Waals surface area contributed by atoms with Crippen molar-refractivity contribution in [3.05, 3.63) is 40.3 Å². The van der Waals surface area contributed by atoms with Crippen LogP contribution in [-0.2, 0) is 6.18 Å². The molecule has 0 atom stereocenters. The first-order chi connectivity index (χ1) is 9.23. The predicted molar refractivity (Wildman–Crippen MR) is 63.1 cm³/mol. The Bertz CT molecular complexity index is 682. The molecule has 0 amide bonds.